The van der Waals surface area contributed by atoms with Gasteiger partial charge in [0.05, 0.1) is 0 Å². The van der Waals surface area contributed by atoms with Crippen LogP contribution in [0.2, 0.25) is 0 Å². The van der Waals surface area contributed by atoms with E-state index in [0.29, 0.717) is 0 Å². The maximum absolute atomic E-state index is 12.8. The third-order valence-corrected chi connectivity index (χ3v) is 5.90. The molecule has 1 N–H and O–H groups in total. The number of hydrogen-bond acceptors (Lipinski definition) is 5. The van der Waals surface area contributed by atoms with Gasteiger partial charge in [0.2, 0.25) is 6.17 Å². The second kappa shape index (κ2) is 7.17. The first-order chi connectivity index (χ1) is 12.6. The summed E-state index contributed by atoms with van der Waals surface area (Å²) in [6.45, 7) is 2.10. The highest BCUT2D eigenvalue weighted by Crippen LogP contribution is 2.28. The van der Waals surface area contributed by atoms with Crippen LogP contribution in [-0.4, -0.2) is 22.1 Å². The highest BCUT2D eigenvalue weighted by atomic mass is 79.9. The number of carbonyl (C=O) groups is 1. The van der Waals surface area contributed by atoms with Gasteiger partial charge in [0.15, 0.2) is 5.17 Å². The van der Waals surface area contributed by atoms with Crippen LogP contribution in [0.25, 0.3) is 0 Å². The lowest BCUT2D eigenvalue weighted by molar-refractivity contribution is -0.122. The largest absolute Gasteiger partial charge is 0.294 e. The summed E-state index contributed by atoms with van der Waals surface area (Å²) in [5.74, 6) is 0.763. The summed E-state index contributed by atoms with van der Waals surface area (Å²) in [6, 6.07) is 16.0. The smallest absolute Gasteiger partial charge is 0.276 e. The monoisotopic (exact) mass is 428 g/mol. The molecule has 2 aromatic rings. The molecule has 0 fully saturated rings. The minimum atomic E-state index is -0.497. The molecule has 1 unspecified atom stereocenters. The molecule has 2 heterocycles. The van der Waals surface area contributed by atoms with Crippen molar-refractivity contribution < 1.29 is 4.79 Å². The van der Waals surface area contributed by atoms with Gasteiger partial charge >= 0.3 is 0 Å². The first kappa shape index (κ1) is 17.2. The Labute approximate surface area is 164 Å². The summed E-state index contributed by atoms with van der Waals surface area (Å²) in [4.78, 5) is 16.4. The van der Waals surface area contributed by atoms with Gasteiger partial charge in [-0.3, -0.25) is 20.0 Å². The fourth-order valence-electron chi connectivity index (χ4n) is 2.85. The van der Waals surface area contributed by atoms with Crippen LogP contribution in [0.15, 0.2) is 70.5 Å². The molecule has 26 heavy (non-hydrogen) atoms. The van der Waals surface area contributed by atoms with Crippen LogP contribution in [0.4, 0.5) is 5.69 Å². The summed E-state index contributed by atoms with van der Waals surface area (Å²) < 4.78 is 0.980. The van der Waals surface area contributed by atoms with Gasteiger partial charge in [0.1, 0.15) is 0 Å². The van der Waals surface area contributed by atoms with Crippen LogP contribution >= 0.6 is 27.7 Å². The number of nitrogens with zero attached hydrogens (tertiary/aromatic N) is 3. The molecule has 0 saturated heterocycles. The third-order valence-electron chi connectivity index (χ3n) is 4.35. The van der Waals surface area contributed by atoms with Gasteiger partial charge in [-0.15, -0.1) is 0 Å². The van der Waals surface area contributed by atoms with Crippen molar-refractivity contribution in [1.29, 1.82) is 0 Å². The molecule has 132 valence electrons. The number of thioether (sulfide) groups is 1. The lowest BCUT2D eigenvalue weighted by Gasteiger charge is -2.32. The van der Waals surface area contributed by atoms with Gasteiger partial charge < -0.3 is 0 Å². The molecule has 0 radical (unpaired) electrons. The van der Waals surface area contributed by atoms with Crippen molar-refractivity contribution in [2.45, 2.75) is 18.8 Å². The number of anilines is 1. The topological polar surface area (TPSA) is 47.9 Å². The Morgan fingerprint density at radius 3 is 2.69 bits per heavy atom. The van der Waals surface area contributed by atoms with Gasteiger partial charge in [-0.1, -0.05) is 52.0 Å². The Hall–Kier alpha value is -2.25. The molecule has 0 aliphatic carbocycles. The minimum absolute atomic E-state index is 0.0509. The predicted molar refractivity (Wildman–Crippen MR) is 109 cm³/mol. The minimum Gasteiger partial charge on any atom is -0.294 e. The molecule has 2 aliphatic rings. The Bertz CT molecular complexity index is 897. The van der Waals surface area contributed by atoms with E-state index in [4.69, 9.17) is 0 Å². The van der Waals surface area contributed by atoms with E-state index in [9.17, 15) is 4.79 Å². The maximum Gasteiger partial charge on any atom is 0.276 e. The van der Waals surface area contributed by atoms with Gasteiger partial charge in [-0.05, 0) is 42.3 Å². The van der Waals surface area contributed by atoms with E-state index in [-0.39, 0.29) is 5.91 Å². The van der Waals surface area contributed by atoms with Gasteiger partial charge in [0.25, 0.3) is 5.91 Å². The van der Waals surface area contributed by atoms with Crippen molar-refractivity contribution in [2.24, 2.45) is 5.10 Å². The number of hydrogen-bond donors (Lipinski definition) is 1. The first-order valence-electron chi connectivity index (χ1n) is 8.19. The quantitative estimate of drug-likeness (QED) is 0.801. The summed E-state index contributed by atoms with van der Waals surface area (Å²) in [7, 11) is 0. The SMILES string of the molecule is Cc1ccccc1CSC1=NNC2C(=O)N(c3ccc(Br)cc3)C=CN12. The number of hydrazone groups is 1. The number of halogens is 1. The number of aryl methyl sites for hydroxylation is 1. The molecular weight excluding hydrogens is 412 g/mol. The molecular formula is C19H17BrN4OS. The molecule has 0 aromatic heterocycles. The number of rotatable bonds is 3. The average molecular weight is 429 g/mol. The fourth-order valence-corrected chi connectivity index (χ4v) is 4.16. The number of nitrogens with one attached hydrogen (secondary N) is 1. The van der Waals surface area contributed by atoms with E-state index in [1.165, 1.54) is 11.1 Å². The van der Waals surface area contributed by atoms with E-state index in [1.807, 2.05) is 47.5 Å². The van der Waals surface area contributed by atoms with Crippen LogP contribution in [0.3, 0.4) is 0 Å². The lowest BCUT2D eigenvalue weighted by atomic mass is 10.1. The van der Waals surface area contributed by atoms with E-state index < -0.39 is 6.17 Å². The highest BCUT2D eigenvalue weighted by molar-refractivity contribution is 9.10. The molecule has 4 rings (SSSR count). The molecule has 0 spiro atoms. The highest BCUT2D eigenvalue weighted by Gasteiger charge is 2.38. The molecule has 1 atom stereocenters. The maximum atomic E-state index is 12.8. The number of amidine groups is 1. The van der Waals surface area contributed by atoms with E-state index in [2.05, 4.69) is 45.5 Å². The van der Waals surface area contributed by atoms with Crippen molar-refractivity contribution in [3.63, 3.8) is 0 Å². The summed E-state index contributed by atoms with van der Waals surface area (Å²) >= 11 is 5.04. The predicted octanol–water partition coefficient (Wildman–Crippen LogP) is 4.01. The standard InChI is InChI=1S/C19H17BrN4OS/c1-13-4-2-3-5-14(13)12-26-19-22-21-17-18(25)23(10-11-24(17)19)16-8-6-15(20)7-9-16/h2-11,17,21H,12H2,1H3. The summed E-state index contributed by atoms with van der Waals surface area (Å²) in [5, 5.41) is 5.17. The van der Waals surface area contributed by atoms with Crippen molar-refractivity contribution in [2.75, 3.05) is 4.90 Å². The molecule has 7 heteroatoms. The normalized spacial score (nSPS) is 18.6. The number of benzene rings is 2. The van der Waals surface area contributed by atoms with E-state index in [0.717, 1.165) is 21.1 Å². The average Bonchev–Trinajstić information content (AvgIpc) is 3.06. The number of amides is 1. The first-order valence-corrected chi connectivity index (χ1v) is 9.97. The molecule has 5 nitrogen and oxygen atoms in total. The van der Waals surface area contributed by atoms with Gasteiger partial charge in [-0.2, -0.15) is 5.10 Å². The van der Waals surface area contributed by atoms with Gasteiger partial charge in [0, 0.05) is 28.3 Å². The van der Waals surface area contributed by atoms with Crippen molar-refractivity contribution in [1.82, 2.24) is 10.3 Å². The molecule has 2 aliphatic heterocycles. The van der Waals surface area contributed by atoms with Crippen LogP contribution in [0, 0.1) is 6.92 Å². The number of carbonyl (C=O) groups excluding carboxylic acids is 1. The summed E-state index contributed by atoms with van der Waals surface area (Å²) in [5.41, 5.74) is 6.32. The zero-order valence-electron chi connectivity index (χ0n) is 14.1. The third kappa shape index (κ3) is 3.24. The van der Waals surface area contributed by atoms with E-state index in [1.54, 1.807) is 22.9 Å². The summed E-state index contributed by atoms with van der Waals surface area (Å²) in [6.07, 6.45) is 3.19. The molecule has 2 aromatic carbocycles. The van der Waals surface area contributed by atoms with Crippen molar-refractivity contribution in [3.05, 3.63) is 76.5 Å². The van der Waals surface area contributed by atoms with Crippen LogP contribution in [-0.2, 0) is 10.5 Å². The van der Waals surface area contributed by atoms with Crippen LogP contribution < -0.4 is 10.3 Å². The van der Waals surface area contributed by atoms with Crippen molar-refractivity contribution in [3.8, 4) is 0 Å². The Balaban J connectivity index is 1.48. The number of fused-ring (bicyclic) bond motifs is 1. The zero-order valence-corrected chi connectivity index (χ0v) is 16.5. The molecule has 0 bridgehead atoms. The Morgan fingerprint density at radius 2 is 1.92 bits per heavy atom. The zero-order chi connectivity index (χ0) is 18.1. The van der Waals surface area contributed by atoms with Gasteiger partial charge in [-0.25, -0.2) is 0 Å². The van der Waals surface area contributed by atoms with Crippen LogP contribution in [0.1, 0.15) is 11.1 Å². The fraction of sp³-hybridized carbons (Fsp3) is 0.158. The molecule has 0 saturated carbocycles. The van der Waals surface area contributed by atoms with E-state index >= 15 is 0 Å². The molecule has 1 amide bonds. The van der Waals surface area contributed by atoms with Crippen LogP contribution in [0.5, 0.6) is 0 Å². The Kier molecular flexibility index (Phi) is 4.74. The lowest BCUT2D eigenvalue weighted by Crippen LogP contribution is -2.52. The second-order valence-electron chi connectivity index (χ2n) is 6.03. The van der Waals surface area contributed by atoms with Crippen molar-refractivity contribution >= 4 is 44.5 Å². The second-order valence-corrected chi connectivity index (χ2v) is 7.89. The Morgan fingerprint density at radius 1 is 1.15 bits per heavy atom.